The summed E-state index contributed by atoms with van der Waals surface area (Å²) in [6.07, 6.45) is 4.12. The van der Waals surface area contributed by atoms with Crippen molar-refractivity contribution >= 4 is 5.78 Å². The van der Waals surface area contributed by atoms with Crippen molar-refractivity contribution in [2.75, 3.05) is 13.2 Å². The van der Waals surface area contributed by atoms with Crippen LogP contribution in [-0.4, -0.2) is 30.1 Å². The number of hydrogen-bond acceptors (Lipinski definition) is 5. The van der Waals surface area contributed by atoms with Crippen molar-refractivity contribution in [1.29, 1.82) is 0 Å². The van der Waals surface area contributed by atoms with Crippen LogP contribution in [0.25, 0.3) is 11.1 Å². The Balaban J connectivity index is 1.36. The van der Waals surface area contributed by atoms with Gasteiger partial charge in [0.05, 0.1) is 19.1 Å². The summed E-state index contributed by atoms with van der Waals surface area (Å²) in [7, 11) is 0. The molecule has 0 bridgehead atoms. The second kappa shape index (κ2) is 11.4. The molecule has 0 N–H and O–H groups in total. The Morgan fingerprint density at radius 3 is 2.66 bits per heavy atom. The minimum atomic E-state index is -0.377. The highest BCUT2D eigenvalue weighted by Gasteiger charge is 2.31. The van der Waals surface area contributed by atoms with Gasteiger partial charge in [-0.05, 0) is 74.1 Å². The Morgan fingerprint density at radius 2 is 1.97 bits per heavy atom. The van der Waals surface area contributed by atoms with Gasteiger partial charge in [-0.1, -0.05) is 24.1 Å². The average Bonchev–Trinajstić information content (AvgIpc) is 3.56. The molecule has 1 aliphatic heterocycles. The van der Waals surface area contributed by atoms with Gasteiger partial charge >= 0.3 is 0 Å². The predicted molar refractivity (Wildman–Crippen MR) is 144 cm³/mol. The molecule has 0 unspecified atom stereocenters. The number of carbonyl (C=O) groups is 1. The first-order valence-electron chi connectivity index (χ1n) is 13.1. The molecular formula is C32H32FNO4. The summed E-state index contributed by atoms with van der Waals surface area (Å²) in [5.41, 5.74) is 5.52. The van der Waals surface area contributed by atoms with Gasteiger partial charge in [-0.3, -0.25) is 4.79 Å². The van der Waals surface area contributed by atoms with E-state index in [-0.39, 0.29) is 29.7 Å². The zero-order valence-corrected chi connectivity index (χ0v) is 22.1. The molecule has 196 valence electrons. The van der Waals surface area contributed by atoms with E-state index in [4.69, 9.17) is 14.2 Å². The van der Waals surface area contributed by atoms with Crippen molar-refractivity contribution in [3.63, 3.8) is 0 Å². The van der Waals surface area contributed by atoms with Crippen molar-refractivity contribution in [2.24, 2.45) is 0 Å². The van der Waals surface area contributed by atoms with Gasteiger partial charge < -0.3 is 14.2 Å². The number of nitrogens with zero attached hydrogens (tertiary/aromatic N) is 1. The number of pyridine rings is 1. The number of hydrogen-bond donors (Lipinski definition) is 0. The number of rotatable bonds is 8. The fourth-order valence-corrected chi connectivity index (χ4v) is 5.35. The first-order chi connectivity index (χ1) is 18.4. The third-order valence-corrected chi connectivity index (χ3v) is 7.20. The number of ketones is 1. The van der Waals surface area contributed by atoms with Crippen molar-refractivity contribution in [3.05, 3.63) is 76.7 Å². The van der Waals surface area contributed by atoms with E-state index < -0.39 is 0 Å². The predicted octanol–water partition coefficient (Wildman–Crippen LogP) is 6.52. The van der Waals surface area contributed by atoms with Crippen molar-refractivity contribution < 1.29 is 23.4 Å². The van der Waals surface area contributed by atoms with Gasteiger partial charge in [0.25, 0.3) is 0 Å². The molecule has 0 spiro atoms. The van der Waals surface area contributed by atoms with Gasteiger partial charge in [-0.25, -0.2) is 9.37 Å². The van der Waals surface area contributed by atoms with Crippen LogP contribution in [0, 0.1) is 24.6 Å². The first kappa shape index (κ1) is 25.9. The molecule has 5 nitrogen and oxygen atoms in total. The Labute approximate surface area is 223 Å². The standard InChI is InChI=1S/C32H32FNO4/c1-4-5-23(17-21(3)35)22-6-8-24(9-7-22)37-30-13-11-27-26(10-12-29(33)32(27)30)28-18-34-31(16-20(28)2)38-25-14-15-36-19-25/h6-10,12,16,18,23,25,30H,11,13-15,17,19H2,1-3H3/t23-,25+,30+/m0/s1. The topological polar surface area (TPSA) is 57.7 Å². The third kappa shape index (κ3) is 5.58. The highest BCUT2D eigenvalue weighted by Crippen LogP contribution is 2.42. The van der Waals surface area contributed by atoms with Crippen LogP contribution in [0.3, 0.4) is 0 Å². The van der Waals surface area contributed by atoms with Crippen molar-refractivity contribution in [2.45, 2.75) is 64.6 Å². The van der Waals surface area contributed by atoms with Crippen LogP contribution < -0.4 is 9.47 Å². The molecule has 1 aromatic heterocycles. The number of ether oxygens (including phenoxy) is 3. The largest absolute Gasteiger partial charge is 0.486 e. The molecule has 38 heavy (non-hydrogen) atoms. The van der Waals surface area contributed by atoms with Crippen LogP contribution in [0.1, 0.15) is 67.4 Å². The maximum atomic E-state index is 15.1. The monoisotopic (exact) mass is 513 g/mol. The van der Waals surface area contributed by atoms with E-state index >= 15 is 4.39 Å². The molecule has 5 rings (SSSR count). The lowest BCUT2D eigenvalue weighted by molar-refractivity contribution is -0.117. The quantitative estimate of drug-likeness (QED) is 0.321. The van der Waals surface area contributed by atoms with E-state index in [1.807, 2.05) is 49.5 Å². The molecule has 6 heteroatoms. The maximum Gasteiger partial charge on any atom is 0.213 e. The Bertz CT molecular complexity index is 1380. The molecular weight excluding hydrogens is 481 g/mol. The Morgan fingerprint density at radius 1 is 1.16 bits per heavy atom. The molecule has 1 aliphatic carbocycles. The van der Waals surface area contributed by atoms with Crippen LogP contribution >= 0.6 is 0 Å². The molecule has 0 radical (unpaired) electrons. The van der Waals surface area contributed by atoms with Crippen LogP contribution in [0.5, 0.6) is 11.6 Å². The number of halogens is 1. The van der Waals surface area contributed by atoms with Crippen LogP contribution in [-0.2, 0) is 16.0 Å². The molecule has 2 aromatic carbocycles. The molecule has 0 saturated carbocycles. The van der Waals surface area contributed by atoms with E-state index in [9.17, 15) is 4.79 Å². The smallest absolute Gasteiger partial charge is 0.213 e. The number of aromatic nitrogens is 1. The van der Waals surface area contributed by atoms with Gasteiger partial charge in [-0.15, -0.1) is 5.92 Å². The van der Waals surface area contributed by atoms with E-state index in [1.165, 1.54) is 6.07 Å². The molecule has 3 atom stereocenters. The molecule has 3 aromatic rings. The van der Waals surface area contributed by atoms with Crippen molar-refractivity contribution in [1.82, 2.24) is 4.98 Å². The summed E-state index contributed by atoms with van der Waals surface area (Å²) in [4.78, 5) is 16.2. The fourth-order valence-electron chi connectivity index (χ4n) is 5.35. The number of benzene rings is 2. The minimum absolute atomic E-state index is 0.0365. The summed E-state index contributed by atoms with van der Waals surface area (Å²) < 4.78 is 32.8. The Kier molecular flexibility index (Phi) is 7.76. The molecule has 2 aliphatic rings. The highest BCUT2D eigenvalue weighted by molar-refractivity contribution is 5.77. The molecule has 0 amide bonds. The minimum Gasteiger partial charge on any atom is -0.486 e. The highest BCUT2D eigenvalue weighted by atomic mass is 19.1. The zero-order valence-electron chi connectivity index (χ0n) is 22.1. The number of fused-ring (bicyclic) bond motifs is 1. The van der Waals surface area contributed by atoms with E-state index in [1.54, 1.807) is 13.8 Å². The van der Waals surface area contributed by atoms with Gasteiger partial charge in [0, 0.05) is 36.2 Å². The lowest BCUT2D eigenvalue weighted by Gasteiger charge is -2.18. The lowest BCUT2D eigenvalue weighted by Crippen LogP contribution is -2.16. The third-order valence-electron chi connectivity index (χ3n) is 7.20. The van der Waals surface area contributed by atoms with E-state index in [2.05, 4.69) is 16.8 Å². The van der Waals surface area contributed by atoms with Crippen LogP contribution in [0.15, 0.2) is 48.7 Å². The molecule has 2 heterocycles. The summed E-state index contributed by atoms with van der Waals surface area (Å²) in [6.45, 7) is 6.68. The summed E-state index contributed by atoms with van der Waals surface area (Å²) in [6, 6.07) is 12.9. The van der Waals surface area contributed by atoms with Gasteiger partial charge in [0.15, 0.2) is 0 Å². The second-order valence-electron chi connectivity index (χ2n) is 10.00. The van der Waals surface area contributed by atoms with E-state index in [0.29, 0.717) is 43.2 Å². The van der Waals surface area contributed by atoms with E-state index in [0.717, 1.165) is 40.7 Å². The molecule has 1 fully saturated rings. The summed E-state index contributed by atoms with van der Waals surface area (Å²) in [5.74, 6) is 6.98. The second-order valence-corrected chi connectivity index (χ2v) is 10.00. The first-order valence-corrected chi connectivity index (χ1v) is 13.1. The number of carbonyl (C=O) groups excluding carboxylic acids is 1. The summed E-state index contributed by atoms with van der Waals surface area (Å²) in [5, 5.41) is 0. The number of aryl methyl sites for hydroxylation is 1. The Hall–Kier alpha value is -3.69. The van der Waals surface area contributed by atoms with Gasteiger partial charge in [0.1, 0.15) is 29.6 Å². The lowest BCUT2D eigenvalue weighted by atomic mass is 9.94. The molecule has 1 saturated heterocycles. The fraction of sp³-hybridized carbons (Fsp3) is 0.375. The van der Waals surface area contributed by atoms with Crippen molar-refractivity contribution in [3.8, 4) is 34.6 Å². The van der Waals surface area contributed by atoms with Crippen LogP contribution in [0.4, 0.5) is 4.39 Å². The SMILES string of the molecule is CC#C[C@@H](CC(C)=O)c1ccc(O[C@@H]2CCc3c(-c4cnc(O[C@@H]5CCOC5)cc4C)ccc(F)c32)cc1. The van der Waals surface area contributed by atoms with Gasteiger partial charge in [0.2, 0.25) is 5.88 Å². The maximum absolute atomic E-state index is 15.1. The average molecular weight is 514 g/mol. The number of Topliss-reactive ketones (excluding diaryl/α,β-unsaturated/α-hetero) is 1. The normalized spacial score (nSPS) is 18.8. The van der Waals surface area contributed by atoms with Gasteiger partial charge in [-0.2, -0.15) is 0 Å². The van der Waals surface area contributed by atoms with Crippen LogP contribution in [0.2, 0.25) is 0 Å². The summed E-state index contributed by atoms with van der Waals surface area (Å²) >= 11 is 0. The zero-order chi connectivity index (χ0) is 26.6.